The molecule has 5 nitrogen and oxygen atoms in total. The molecule has 6 heteroatoms. The fourth-order valence-corrected chi connectivity index (χ4v) is 3.49. The largest absolute Gasteiger partial charge is 0.491 e. The van der Waals surface area contributed by atoms with Crippen LogP contribution in [0.25, 0.3) is 0 Å². The van der Waals surface area contributed by atoms with Gasteiger partial charge in [-0.3, -0.25) is 4.79 Å². The molecular weight excluding hydrogens is 340 g/mol. The summed E-state index contributed by atoms with van der Waals surface area (Å²) in [4.78, 5) is 14.6. The molecule has 2 aliphatic rings. The maximum Gasteiger partial charge on any atom is 0.253 e. The van der Waals surface area contributed by atoms with Crippen LogP contribution in [-0.4, -0.2) is 49.3 Å². The standard InChI is InChI=1S/C19H28N2O3.ClH/c1-14(20)15-7-9-21(10-8-15)19(22)16-4-2-5-17(12-16)24-13-18-6-3-11-23-18;/h2,4-5,12,14-15,18H,3,6-11,13,20H2,1H3;1H. The van der Waals surface area contributed by atoms with Crippen LogP contribution in [0.5, 0.6) is 5.75 Å². The first-order valence-corrected chi connectivity index (χ1v) is 9.03. The molecule has 2 N–H and O–H groups in total. The van der Waals surface area contributed by atoms with E-state index in [0.717, 1.165) is 51.1 Å². The maximum absolute atomic E-state index is 12.7. The van der Waals surface area contributed by atoms with Crippen molar-refractivity contribution in [2.75, 3.05) is 26.3 Å². The Balaban J connectivity index is 0.00000225. The summed E-state index contributed by atoms with van der Waals surface area (Å²) in [6, 6.07) is 7.69. The first kappa shape index (κ1) is 20.0. The minimum Gasteiger partial charge on any atom is -0.491 e. The number of hydrogen-bond donors (Lipinski definition) is 1. The number of nitrogens with zero attached hydrogens (tertiary/aromatic N) is 1. The van der Waals surface area contributed by atoms with Crippen molar-refractivity contribution in [3.63, 3.8) is 0 Å². The lowest BCUT2D eigenvalue weighted by Gasteiger charge is -2.33. The van der Waals surface area contributed by atoms with E-state index >= 15 is 0 Å². The Morgan fingerprint density at radius 1 is 1.36 bits per heavy atom. The zero-order chi connectivity index (χ0) is 16.9. The van der Waals surface area contributed by atoms with Gasteiger partial charge in [-0.25, -0.2) is 0 Å². The van der Waals surface area contributed by atoms with Gasteiger partial charge in [0.05, 0.1) is 6.10 Å². The number of benzene rings is 1. The molecule has 2 atom stereocenters. The number of nitrogens with two attached hydrogens (primary N) is 1. The third-order valence-corrected chi connectivity index (χ3v) is 5.11. The lowest BCUT2D eigenvalue weighted by molar-refractivity contribution is 0.0666. The molecule has 1 aromatic rings. The van der Waals surface area contributed by atoms with E-state index in [9.17, 15) is 4.79 Å². The highest BCUT2D eigenvalue weighted by atomic mass is 35.5. The Labute approximate surface area is 156 Å². The molecule has 2 unspecified atom stereocenters. The van der Waals surface area contributed by atoms with Gasteiger partial charge in [-0.05, 0) is 56.7 Å². The van der Waals surface area contributed by atoms with Gasteiger partial charge in [0.25, 0.3) is 5.91 Å². The van der Waals surface area contributed by atoms with E-state index in [-0.39, 0.29) is 30.5 Å². The highest BCUT2D eigenvalue weighted by Crippen LogP contribution is 2.23. The van der Waals surface area contributed by atoms with E-state index in [0.29, 0.717) is 18.1 Å². The summed E-state index contributed by atoms with van der Waals surface area (Å²) in [7, 11) is 0. The lowest BCUT2D eigenvalue weighted by Crippen LogP contribution is -2.42. The molecule has 2 aliphatic heterocycles. The molecular formula is C19H29ClN2O3. The van der Waals surface area contributed by atoms with E-state index in [2.05, 4.69) is 6.92 Å². The second-order valence-corrected chi connectivity index (χ2v) is 6.96. The SMILES string of the molecule is CC(N)C1CCN(C(=O)c2cccc(OCC3CCCO3)c2)CC1.Cl. The Hall–Kier alpha value is -1.30. The van der Waals surface area contributed by atoms with Crippen LogP contribution in [0, 0.1) is 5.92 Å². The van der Waals surface area contributed by atoms with Crippen LogP contribution in [0.4, 0.5) is 0 Å². The predicted octanol–water partition coefficient (Wildman–Crippen LogP) is 2.87. The zero-order valence-corrected chi connectivity index (χ0v) is 15.7. The fraction of sp³-hybridized carbons (Fsp3) is 0.632. The molecule has 140 valence electrons. The molecule has 2 fully saturated rings. The summed E-state index contributed by atoms with van der Waals surface area (Å²) < 4.78 is 11.4. The van der Waals surface area contributed by atoms with E-state index in [1.807, 2.05) is 29.2 Å². The predicted molar refractivity (Wildman–Crippen MR) is 100 cm³/mol. The molecule has 2 heterocycles. The van der Waals surface area contributed by atoms with Crippen LogP contribution in [0.1, 0.15) is 43.0 Å². The van der Waals surface area contributed by atoms with Crippen LogP contribution < -0.4 is 10.5 Å². The number of hydrogen-bond acceptors (Lipinski definition) is 4. The Morgan fingerprint density at radius 2 is 2.12 bits per heavy atom. The van der Waals surface area contributed by atoms with E-state index in [1.54, 1.807) is 0 Å². The monoisotopic (exact) mass is 368 g/mol. The number of ether oxygens (including phenoxy) is 2. The number of rotatable bonds is 5. The van der Waals surface area contributed by atoms with Crippen LogP contribution in [0.3, 0.4) is 0 Å². The van der Waals surface area contributed by atoms with Gasteiger partial charge in [-0.2, -0.15) is 0 Å². The normalized spacial score (nSPS) is 22.3. The molecule has 0 aromatic heterocycles. The summed E-state index contributed by atoms with van der Waals surface area (Å²) in [6.45, 7) is 5.00. The average Bonchev–Trinajstić information content (AvgIpc) is 3.13. The van der Waals surface area contributed by atoms with E-state index < -0.39 is 0 Å². The molecule has 0 saturated carbocycles. The Morgan fingerprint density at radius 3 is 2.76 bits per heavy atom. The number of likely N-dealkylation sites (tertiary alicyclic amines) is 1. The summed E-state index contributed by atoms with van der Waals surface area (Å²) in [5.41, 5.74) is 6.67. The topological polar surface area (TPSA) is 64.8 Å². The molecule has 0 radical (unpaired) electrons. The number of carbonyl (C=O) groups is 1. The summed E-state index contributed by atoms with van der Waals surface area (Å²) in [6.07, 6.45) is 4.30. The molecule has 2 saturated heterocycles. The smallest absolute Gasteiger partial charge is 0.253 e. The Kier molecular flexibility index (Phi) is 7.54. The number of halogens is 1. The summed E-state index contributed by atoms with van der Waals surface area (Å²) in [5.74, 6) is 1.35. The van der Waals surface area contributed by atoms with E-state index in [1.165, 1.54) is 0 Å². The first-order valence-electron chi connectivity index (χ1n) is 9.03. The molecule has 0 spiro atoms. The molecule has 1 amide bonds. The third kappa shape index (κ3) is 5.33. The Bertz CT molecular complexity index is 553. The second kappa shape index (κ2) is 9.41. The quantitative estimate of drug-likeness (QED) is 0.867. The van der Waals surface area contributed by atoms with Gasteiger partial charge in [0.2, 0.25) is 0 Å². The second-order valence-electron chi connectivity index (χ2n) is 6.96. The highest BCUT2D eigenvalue weighted by Gasteiger charge is 2.25. The van der Waals surface area contributed by atoms with Gasteiger partial charge in [0, 0.05) is 31.3 Å². The summed E-state index contributed by atoms with van der Waals surface area (Å²) >= 11 is 0. The van der Waals surface area contributed by atoms with Gasteiger partial charge in [0.1, 0.15) is 12.4 Å². The summed E-state index contributed by atoms with van der Waals surface area (Å²) in [5, 5.41) is 0. The van der Waals surface area contributed by atoms with Gasteiger partial charge in [0.15, 0.2) is 0 Å². The van der Waals surface area contributed by atoms with Crippen LogP contribution in [0.2, 0.25) is 0 Å². The van der Waals surface area contributed by atoms with Gasteiger partial charge in [-0.15, -0.1) is 12.4 Å². The fourth-order valence-electron chi connectivity index (χ4n) is 3.49. The van der Waals surface area contributed by atoms with E-state index in [4.69, 9.17) is 15.2 Å². The third-order valence-electron chi connectivity index (χ3n) is 5.11. The van der Waals surface area contributed by atoms with Crippen molar-refractivity contribution in [1.82, 2.24) is 4.90 Å². The van der Waals surface area contributed by atoms with Gasteiger partial charge < -0.3 is 20.1 Å². The van der Waals surface area contributed by atoms with Crippen LogP contribution >= 0.6 is 12.4 Å². The number of piperidine rings is 1. The van der Waals surface area contributed by atoms with Crippen molar-refractivity contribution in [2.24, 2.45) is 11.7 Å². The van der Waals surface area contributed by atoms with Gasteiger partial charge >= 0.3 is 0 Å². The van der Waals surface area contributed by atoms with Crippen molar-refractivity contribution < 1.29 is 14.3 Å². The molecule has 0 bridgehead atoms. The number of carbonyl (C=O) groups excluding carboxylic acids is 1. The van der Waals surface area contributed by atoms with Crippen molar-refractivity contribution in [3.8, 4) is 5.75 Å². The minimum atomic E-state index is 0. The van der Waals surface area contributed by atoms with Gasteiger partial charge in [-0.1, -0.05) is 6.07 Å². The van der Waals surface area contributed by atoms with Crippen molar-refractivity contribution in [3.05, 3.63) is 29.8 Å². The lowest BCUT2D eigenvalue weighted by atomic mass is 9.90. The molecule has 0 aliphatic carbocycles. The number of amides is 1. The molecule has 3 rings (SSSR count). The van der Waals surface area contributed by atoms with Crippen molar-refractivity contribution >= 4 is 18.3 Å². The zero-order valence-electron chi connectivity index (χ0n) is 14.9. The van der Waals surface area contributed by atoms with Crippen molar-refractivity contribution in [2.45, 2.75) is 44.8 Å². The van der Waals surface area contributed by atoms with Crippen LogP contribution in [-0.2, 0) is 4.74 Å². The van der Waals surface area contributed by atoms with Crippen LogP contribution in [0.15, 0.2) is 24.3 Å². The average molecular weight is 369 g/mol. The highest BCUT2D eigenvalue weighted by molar-refractivity contribution is 5.94. The maximum atomic E-state index is 12.7. The first-order chi connectivity index (χ1) is 11.6. The molecule has 25 heavy (non-hydrogen) atoms. The minimum absolute atomic E-state index is 0. The van der Waals surface area contributed by atoms with Crippen molar-refractivity contribution in [1.29, 1.82) is 0 Å². The molecule has 1 aromatic carbocycles.